The van der Waals surface area contributed by atoms with Crippen molar-refractivity contribution in [3.63, 3.8) is 0 Å². The number of carbonyl (C=O) groups is 1. The summed E-state index contributed by atoms with van der Waals surface area (Å²) in [5.41, 5.74) is 13.7. The summed E-state index contributed by atoms with van der Waals surface area (Å²) in [7, 11) is 0. The molecule has 1 aromatic heterocycles. The number of hydrogen-bond donors (Lipinski definition) is 5. The highest BCUT2D eigenvalue weighted by atomic mass is 35.5. The molecule has 0 spiro atoms. The Bertz CT molecular complexity index is 845. The Morgan fingerprint density at radius 2 is 2.25 bits per heavy atom. The van der Waals surface area contributed by atoms with Crippen LogP contribution in [0.3, 0.4) is 0 Å². The number of aromatic nitrogens is 2. The number of hydrazine groups is 1. The Hall–Kier alpha value is -1.78. The smallest absolute Gasteiger partial charge is 0.240 e. The van der Waals surface area contributed by atoms with Gasteiger partial charge in [-0.1, -0.05) is 23.5 Å². The summed E-state index contributed by atoms with van der Waals surface area (Å²) in [5.74, 6) is 0.182. The molecule has 1 aliphatic carbocycles. The SMILES string of the molecule is C[C@H](N)C(=O)Nc1cccc(-c2nnc(NC3CCC4NNCC4C3Cl)s2)c1. The molecule has 1 saturated heterocycles. The van der Waals surface area contributed by atoms with Gasteiger partial charge in [0.05, 0.1) is 11.4 Å². The third-order valence-electron chi connectivity index (χ3n) is 5.25. The Labute approximate surface area is 172 Å². The van der Waals surface area contributed by atoms with Gasteiger partial charge in [-0.25, -0.2) is 0 Å². The van der Waals surface area contributed by atoms with E-state index in [-0.39, 0.29) is 17.3 Å². The maximum atomic E-state index is 11.8. The molecule has 2 heterocycles. The van der Waals surface area contributed by atoms with Crippen LogP contribution < -0.4 is 27.2 Å². The van der Waals surface area contributed by atoms with Gasteiger partial charge in [-0.2, -0.15) is 0 Å². The molecule has 0 bridgehead atoms. The van der Waals surface area contributed by atoms with Crippen molar-refractivity contribution in [2.24, 2.45) is 11.7 Å². The van der Waals surface area contributed by atoms with E-state index in [1.165, 1.54) is 11.3 Å². The van der Waals surface area contributed by atoms with Crippen LogP contribution in [-0.2, 0) is 4.79 Å². The van der Waals surface area contributed by atoms with Gasteiger partial charge in [0.15, 0.2) is 0 Å². The zero-order valence-corrected chi connectivity index (χ0v) is 17.1. The summed E-state index contributed by atoms with van der Waals surface area (Å²) >= 11 is 8.20. The first-order valence-electron chi connectivity index (χ1n) is 9.40. The molecule has 4 unspecified atom stereocenters. The van der Waals surface area contributed by atoms with E-state index >= 15 is 0 Å². The summed E-state index contributed by atoms with van der Waals surface area (Å²) in [6.45, 7) is 2.54. The second-order valence-corrected chi connectivity index (χ2v) is 8.82. The Balaban J connectivity index is 1.44. The van der Waals surface area contributed by atoms with Crippen molar-refractivity contribution in [2.75, 3.05) is 17.2 Å². The van der Waals surface area contributed by atoms with E-state index in [9.17, 15) is 4.79 Å². The summed E-state index contributed by atoms with van der Waals surface area (Å²) in [5, 5.41) is 16.4. The fraction of sp³-hybridized carbons (Fsp3) is 0.500. The zero-order chi connectivity index (χ0) is 19.7. The monoisotopic (exact) mass is 421 g/mol. The van der Waals surface area contributed by atoms with Crippen molar-refractivity contribution in [2.45, 2.75) is 43.3 Å². The number of anilines is 2. The number of carbonyl (C=O) groups excluding carboxylic acids is 1. The highest BCUT2D eigenvalue weighted by Crippen LogP contribution is 2.34. The number of hydrogen-bond acceptors (Lipinski definition) is 8. The van der Waals surface area contributed by atoms with Crippen LogP contribution in [0.25, 0.3) is 10.6 Å². The predicted octanol–water partition coefficient (Wildman–Crippen LogP) is 1.77. The van der Waals surface area contributed by atoms with Gasteiger partial charge in [0, 0.05) is 35.8 Å². The molecule has 1 amide bonds. The van der Waals surface area contributed by atoms with Gasteiger partial charge in [0.25, 0.3) is 0 Å². The molecule has 10 heteroatoms. The van der Waals surface area contributed by atoms with Gasteiger partial charge in [-0.15, -0.1) is 21.8 Å². The highest BCUT2D eigenvalue weighted by molar-refractivity contribution is 7.18. The fourth-order valence-corrected chi connectivity index (χ4v) is 4.94. The number of fused-ring (bicyclic) bond motifs is 1. The number of nitrogens with two attached hydrogens (primary N) is 1. The number of amides is 1. The summed E-state index contributed by atoms with van der Waals surface area (Å²) in [6, 6.07) is 7.56. The quantitative estimate of drug-likeness (QED) is 0.467. The second kappa shape index (κ2) is 8.30. The van der Waals surface area contributed by atoms with Crippen molar-refractivity contribution < 1.29 is 4.79 Å². The highest BCUT2D eigenvalue weighted by Gasteiger charge is 2.41. The second-order valence-electron chi connectivity index (χ2n) is 7.34. The van der Waals surface area contributed by atoms with Crippen molar-refractivity contribution in [1.82, 2.24) is 21.0 Å². The third-order valence-corrected chi connectivity index (χ3v) is 6.78. The zero-order valence-electron chi connectivity index (χ0n) is 15.5. The lowest BCUT2D eigenvalue weighted by molar-refractivity contribution is -0.117. The molecule has 2 aliphatic rings. The largest absolute Gasteiger partial charge is 0.356 e. The average Bonchev–Trinajstić information content (AvgIpc) is 3.34. The minimum absolute atomic E-state index is 0.0328. The van der Waals surface area contributed by atoms with Gasteiger partial charge >= 0.3 is 0 Å². The molecular formula is C18H24ClN7OS. The van der Waals surface area contributed by atoms with Gasteiger partial charge in [-0.3, -0.25) is 15.6 Å². The van der Waals surface area contributed by atoms with Gasteiger partial charge in [-0.05, 0) is 31.9 Å². The van der Waals surface area contributed by atoms with Crippen LogP contribution >= 0.6 is 22.9 Å². The van der Waals surface area contributed by atoms with Crippen molar-refractivity contribution in [1.29, 1.82) is 0 Å². The molecule has 150 valence electrons. The van der Waals surface area contributed by atoms with Crippen LogP contribution in [0, 0.1) is 5.92 Å². The minimum Gasteiger partial charge on any atom is -0.356 e. The maximum Gasteiger partial charge on any atom is 0.240 e. The number of benzene rings is 1. The van der Waals surface area contributed by atoms with Gasteiger partial charge < -0.3 is 16.4 Å². The molecule has 5 atom stereocenters. The van der Waals surface area contributed by atoms with E-state index in [2.05, 4.69) is 31.7 Å². The molecule has 2 fully saturated rings. The van der Waals surface area contributed by atoms with Crippen LogP contribution in [0.1, 0.15) is 19.8 Å². The van der Waals surface area contributed by atoms with E-state index < -0.39 is 6.04 Å². The topological polar surface area (TPSA) is 117 Å². The van der Waals surface area contributed by atoms with Gasteiger partial charge in [0.1, 0.15) is 5.01 Å². The molecule has 1 aliphatic heterocycles. The first-order chi connectivity index (χ1) is 13.5. The maximum absolute atomic E-state index is 11.8. The number of alkyl halides is 1. The lowest BCUT2D eigenvalue weighted by atomic mass is 9.82. The van der Waals surface area contributed by atoms with Crippen molar-refractivity contribution >= 4 is 39.7 Å². The molecule has 28 heavy (non-hydrogen) atoms. The number of nitrogens with zero attached hydrogens (tertiary/aromatic N) is 2. The molecular weight excluding hydrogens is 398 g/mol. The normalized spacial score (nSPS) is 27.8. The van der Waals surface area contributed by atoms with Crippen molar-refractivity contribution in [3.05, 3.63) is 24.3 Å². The number of halogens is 1. The van der Waals surface area contributed by atoms with E-state index in [1.807, 2.05) is 24.3 Å². The Morgan fingerprint density at radius 1 is 1.39 bits per heavy atom. The molecule has 6 N–H and O–H groups in total. The van der Waals surface area contributed by atoms with Crippen LogP contribution in [0.2, 0.25) is 0 Å². The molecule has 2 aromatic rings. The molecule has 1 aromatic carbocycles. The standard InChI is InChI=1S/C18H24ClN7OS/c1-9(20)16(27)22-11-4-2-3-10(7-11)17-25-26-18(28-17)23-14-6-5-13-12(15(14)19)8-21-24-13/h2-4,7,9,12-15,21,24H,5-6,8,20H2,1H3,(H,22,27)(H,23,26)/t9-,12?,13?,14?,15?/m0/s1. The Morgan fingerprint density at radius 3 is 3.07 bits per heavy atom. The molecule has 8 nitrogen and oxygen atoms in total. The van der Waals surface area contributed by atoms with Crippen LogP contribution in [0.15, 0.2) is 24.3 Å². The number of rotatable bonds is 5. The first-order valence-corrected chi connectivity index (χ1v) is 10.7. The van der Waals surface area contributed by atoms with E-state index in [0.29, 0.717) is 17.6 Å². The number of nitrogens with one attached hydrogen (secondary N) is 4. The summed E-state index contributed by atoms with van der Waals surface area (Å²) in [4.78, 5) is 11.8. The van der Waals surface area contributed by atoms with Crippen LogP contribution in [0.4, 0.5) is 10.8 Å². The van der Waals surface area contributed by atoms with Crippen molar-refractivity contribution in [3.8, 4) is 10.6 Å². The molecule has 4 rings (SSSR count). The lowest BCUT2D eigenvalue weighted by Crippen LogP contribution is -2.47. The molecule has 1 saturated carbocycles. The molecule has 0 radical (unpaired) electrons. The summed E-state index contributed by atoms with van der Waals surface area (Å²) in [6.07, 6.45) is 2.06. The van der Waals surface area contributed by atoms with Gasteiger partial charge in [0.2, 0.25) is 11.0 Å². The van der Waals surface area contributed by atoms with E-state index in [1.54, 1.807) is 6.92 Å². The first kappa shape index (κ1) is 19.5. The van der Waals surface area contributed by atoms with Crippen LogP contribution in [0.5, 0.6) is 0 Å². The van der Waals surface area contributed by atoms with Crippen LogP contribution in [-0.4, -0.2) is 46.2 Å². The third kappa shape index (κ3) is 4.13. The fourth-order valence-electron chi connectivity index (χ4n) is 3.69. The summed E-state index contributed by atoms with van der Waals surface area (Å²) < 4.78 is 0. The predicted molar refractivity (Wildman–Crippen MR) is 112 cm³/mol. The minimum atomic E-state index is -0.565. The Kier molecular flexibility index (Phi) is 5.79. The average molecular weight is 422 g/mol. The lowest BCUT2D eigenvalue weighted by Gasteiger charge is -2.35. The van der Waals surface area contributed by atoms with E-state index in [4.69, 9.17) is 17.3 Å². The van der Waals surface area contributed by atoms with E-state index in [0.717, 1.165) is 35.1 Å².